The smallest absolute Gasteiger partial charge is 0.212 e. The monoisotopic (exact) mass is 402 g/mol. The van der Waals surface area contributed by atoms with E-state index >= 15 is 0 Å². The number of ether oxygens (including phenoxy) is 1. The Bertz CT molecular complexity index is 724. The number of halogens is 1. The quantitative estimate of drug-likeness (QED) is 0.471. The first-order valence-electron chi connectivity index (χ1n) is 10.5. The molecular formula is C23H31FN2O3. The molecule has 0 spiro atoms. The third-order valence-electron chi connectivity index (χ3n) is 5.54. The van der Waals surface area contributed by atoms with Crippen molar-refractivity contribution in [2.45, 2.75) is 50.9 Å². The molecule has 2 aromatic rings. The lowest BCUT2D eigenvalue weighted by Gasteiger charge is -2.36. The summed E-state index contributed by atoms with van der Waals surface area (Å²) < 4.78 is 18.7. The van der Waals surface area contributed by atoms with Crippen LogP contribution in [0.25, 0.3) is 11.1 Å². The molecule has 0 aliphatic carbocycles. The molecule has 2 unspecified atom stereocenters. The Labute approximate surface area is 172 Å². The fraction of sp³-hybridized carbons (Fsp3) is 0.522. The molecule has 1 aromatic heterocycles. The molecule has 2 N–H and O–H groups in total. The average molecular weight is 403 g/mol. The number of hydrogen-bond acceptors (Lipinski definition) is 5. The number of aliphatic hydroxyl groups excluding tert-OH is 2. The Morgan fingerprint density at radius 3 is 2.59 bits per heavy atom. The Morgan fingerprint density at radius 2 is 1.86 bits per heavy atom. The number of aliphatic hydroxyl groups is 2. The number of unbranched alkanes of at least 4 members (excludes halogenated alkanes) is 2. The fourth-order valence-electron chi connectivity index (χ4n) is 3.79. The summed E-state index contributed by atoms with van der Waals surface area (Å²) in [5.41, 5.74) is 3.01. The van der Waals surface area contributed by atoms with Gasteiger partial charge in [-0.2, -0.15) is 4.39 Å². The van der Waals surface area contributed by atoms with Gasteiger partial charge in [-0.15, -0.1) is 0 Å². The summed E-state index contributed by atoms with van der Waals surface area (Å²) in [5, 5.41) is 19.2. The van der Waals surface area contributed by atoms with Crippen molar-refractivity contribution in [1.82, 2.24) is 9.88 Å². The molecule has 0 saturated carbocycles. The van der Waals surface area contributed by atoms with Gasteiger partial charge in [0, 0.05) is 31.0 Å². The zero-order valence-electron chi connectivity index (χ0n) is 16.8. The molecule has 29 heavy (non-hydrogen) atoms. The van der Waals surface area contributed by atoms with Crippen LogP contribution in [0.1, 0.15) is 37.7 Å². The molecule has 1 aromatic carbocycles. The molecule has 0 amide bonds. The SMILES string of the molecule is OCC1CC(O)CCN1CCCCCOCc1ccc(-c2ccc(F)nc2)cc1. The second-order valence-electron chi connectivity index (χ2n) is 7.73. The summed E-state index contributed by atoms with van der Waals surface area (Å²) in [6.45, 7) is 3.27. The predicted octanol–water partition coefficient (Wildman–Crippen LogP) is 3.39. The van der Waals surface area contributed by atoms with Gasteiger partial charge in [0.25, 0.3) is 0 Å². The van der Waals surface area contributed by atoms with Crippen LogP contribution in [-0.4, -0.2) is 58.5 Å². The highest BCUT2D eigenvalue weighted by atomic mass is 19.1. The molecule has 6 heteroatoms. The van der Waals surface area contributed by atoms with Gasteiger partial charge in [-0.05, 0) is 61.9 Å². The van der Waals surface area contributed by atoms with E-state index in [0.29, 0.717) is 13.0 Å². The van der Waals surface area contributed by atoms with Gasteiger partial charge < -0.3 is 14.9 Å². The maximum absolute atomic E-state index is 12.9. The van der Waals surface area contributed by atoms with Gasteiger partial charge in [-0.25, -0.2) is 4.98 Å². The van der Waals surface area contributed by atoms with Gasteiger partial charge >= 0.3 is 0 Å². The molecule has 5 nitrogen and oxygen atoms in total. The number of pyridine rings is 1. The molecule has 1 aliphatic rings. The van der Waals surface area contributed by atoms with Crippen molar-refractivity contribution in [3.05, 3.63) is 54.1 Å². The summed E-state index contributed by atoms with van der Waals surface area (Å²) in [6.07, 6.45) is 5.93. The zero-order valence-corrected chi connectivity index (χ0v) is 16.8. The van der Waals surface area contributed by atoms with Crippen molar-refractivity contribution >= 4 is 0 Å². The van der Waals surface area contributed by atoms with E-state index in [0.717, 1.165) is 62.1 Å². The molecule has 2 heterocycles. The average Bonchev–Trinajstić information content (AvgIpc) is 2.75. The molecule has 0 bridgehead atoms. The second-order valence-corrected chi connectivity index (χ2v) is 7.73. The van der Waals surface area contributed by atoms with Gasteiger partial charge in [-0.3, -0.25) is 4.90 Å². The predicted molar refractivity (Wildman–Crippen MR) is 111 cm³/mol. The molecule has 1 fully saturated rings. The van der Waals surface area contributed by atoms with Crippen LogP contribution >= 0.6 is 0 Å². The van der Waals surface area contributed by atoms with Crippen LogP contribution in [0, 0.1) is 5.95 Å². The van der Waals surface area contributed by atoms with E-state index in [-0.39, 0.29) is 18.8 Å². The summed E-state index contributed by atoms with van der Waals surface area (Å²) >= 11 is 0. The van der Waals surface area contributed by atoms with Gasteiger partial charge in [0.15, 0.2) is 0 Å². The number of rotatable bonds is 10. The van der Waals surface area contributed by atoms with Crippen LogP contribution in [0.15, 0.2) is 42.6 Å². The first-order chi connectivity index (χ1) is 14.2. The highest BCUT2D eigenvalue weighted by Gasteiger charge is 2.26. The van der Waals surface area contributed by atoms with Crippen molar-refractivity contribution in [3.63, 3.8) is 0 Å². The molecule has 1 aliphatic heterocycles. The van der Waals surface area contributed by atoms with Crippen LogP contribution in [-0.2, 0) is 11.3 Å². The fourth-order valence-corrected chi connectivity index (χ4v) is 3.79. The molecule has 1 saturated heterocycles. The van der Waals surface area contributed by atoms with Crippen molar-refractivity contribution < 1.29 is 19.3 Å². The lowest BCUT2D eigenvalue weighted by atomic mass is 9.99. The summed E-state index contributed by atoms with van der Waals surface area (Å²) in [5.74, 6) is -0.471. The molecular weight excluding hydrogens is 371 g/mol. The van der Waals surface area contributed by atoms with Gasteiger partial charge in [0.05, 0.1) is 19.3 Å². The number of likely N-dealkylation sites (tertiary alicyclic amines) is 1. The number of hydrogen-bond donors (Lipinski definition) is 2. The van der Waals surface area contributed by atoms with Crippen molar-refractivity contribution in [1.29, 1.82) is 0 Å². The van der Waals surface area contributed by atoms with E-state index in [4.69, 9.17) is 4.74 Å². The van der Waals surface area contributed by atoms with Crippen molar-refractivity contribution in [2.75, 3.05) is 26.3 Å². The minimum atomic E-state index is -0.471. The Hall–Kier alpha value is -1.86. The summed E-state index contributed by atoms with van der Waals surface area (Å²) in [6, 6.07) is 11.2. The maximum Gasteiger partial charge on any atom is 0.212 e. The second kappa shape index (κ2) is 11.4. The van der Waals surface area contributed by atoms with E-state index in [2.05, 4.69) is 9.88 Å². The highest BCUT2D eigenvalue weighted by molar-refractivity contribution is 5.62. The maximum atomic E-state index is 12.9. The molecule has 158 valence electrons. The van der Waals surface area contributed by atoms with Gasteiger partial charge in [0.2, 0.25) is 5.95 Å². The first kappa shape index (κ1) is 21.8. The Morgan fingerprint density at radius 1 is 1.07 bits per heavy atom. The van der Waals surface area contributed by atoms with Crippen LogP contribution in [0.2, 0.25) is 0 Å². The van der Waals surface area contributed by atoms with E-state index < -0.39 is 5.95 Å². The third-order valence-corrected chi connectivity index (χ3v) is 5.54. The van der Waals surface area contributed by atoms with E-state index in [1.54, 1.807) is 6.07 Å². The standard InChI is InChI=1S/C23H31FN2O3/c24-23-9-8-20(15-25-23)19-6-4-18(5-7-19)17-29-13-3-1-2-11-26-12-10-22(28)14-21(26)16-27/h4-9,15,21-22,27-28H,1-3,10-14,16-17H2. The largest absolute Gasteiger partial charge is 0.395 e. The van der Waals surface area contributed by atoms with Crippen LogP contribution in [0.4, 0.5) is 4.39 Å². The van der Waals surface area contributed by atoms with Gasteiger partial charge in [0.1, 0.15) is 0 Å². The lowest BCUT2D eigenvalue weighted by Crippen LogP contribution is -2.46. The Kier molecular flexibility index (Phi) is 8.55. The van der Waals surface area contributed by atoms with E-state index in [1.165, 1.54) is 12.3 Å². The van der Waals surface area contributed by atoms with Crippen LogP contribution in [0.3, 0.4) is 0 Å². The van der Waals surface area contributed by atoms with Gasteiger partial charge in [-0.1, -0.05) is 24.3 Å². The minimum absolute atomic E-state index is 0.101. The minimum Gasteiger partial charge on any atom is -0.395 e. The van der Waals surface area contributed by atoms with E-state index in [9.17, 15) is 14.6 Å². The molecule has 0 radical (unpaired) electrons. The van der Waals surface area contributed by atoms with Crippen molar-refractivity contribution in [3.8, 4) is 11.1 Å². The van der Waals surface area contributed by atoms with Crippen LogP contribution < -0.4 is 0 Å². The number of aromatic nitrogens is 1. The molecule has 2 atom stereocenters. The Balaban J connectivity index is 1.29. The summed E-state index contributed by atoms with van der Waals surface area (Å²) in [7, 11) is 0. The van der Waals surface area contributed by atoms with E-state index in [1.807, 2.05) is 24.3 Å². The first-order valence-corrected chi connectivity index (χ1v) is 10.5. The lowest BCUT2D eigenvalue weighted by molar-refractivity contribution is 0.0160. The topological polar surface area (TPSA) is 65.8 Å². The van der Waals surface area contributed by atoms with Crippen molar-refractivity contribution in [2.24, 2.45) is 0 Å². The molecule has 3 rings (SSSR count). The van der Waals surface area contributed by atoms with Crippen LogP contribution in [0.5, 0.6) is 0 Å². The number of benzene rings is 1. The zero-order chi connectivity index (χ0) is 20.5. The normalized spacial score (nSPS) is 20.1. The number of piperidine rings is 1. The highest BCUT2D eigenvalue weighted by Crippen LogP contribution is 2.20. The summed E-state index contributed by atoms with van der Waals surface area (Å²) in [4.78, 5) is 5.98. The third kappa shape index (κ3) is 6.85. The number of nitrogens with zero attached hydrogens (tertiary/aromatic N) is 2.